The maximum atomic E-state index is 12.5. The van der Waals surface area contributed by atoms with Crippen LogP contribution in [0, 0.1) is 0 Å². The number of carboxylic acids is 1. The first-order valence-electron chi connectivity index (χ1n) is 9.26. The number of carbonyl (C=O) groups is 4. The van der Waals surface area contributed by atoms with E-state index in [0.717, 1.165) is 0 Å². The Morgan fingerprint density at radius 2 is 1.55 bits per heavy atom. The third-order valence-electron chi connectivity index (χ3n) is 3.79. The lowest BCUT2D eigenvalue weighted by atomic mass is 10.1. The predicted octanol–water partition coefficient (Wildman–Crippen LogP) is -3.70. The minimum atomic E-state index is -1.18. The zero-order valence-corrected chi connectivity index (χ0v) is 16.4. The van der Waals surface area contributed by atoms with Gasteiger partial charge < -0.3 is 44.0 Å². The molecule has 0 saturated heterocycles. The van der Waals surface area contributed by atoms with Crippen LogP contribution in [0.2, 0.25) is 0 Å². The van der Waals surface area contributed by atoms with Gasteiger partial charge in [-0.05, 0) is 38.6 Å². The summed E-state index contributed by atoms with van der Waals surface area (Å²) in [7, 11) is 0. The summed E-state index contributed by atoms with van der Waals surface area (Å²) in [6, 6.07) is -2.13. The van der Waals surface area contributed by atoms with E-state index in [1.807, 2.05) is 0 Å². The minimum absolute atomic E-state index is 0.106. The molecule has 3 amide bonds. The number of hydrogen-bond acceptors (Lipinski definition) is 7. The largest absolute Gasteiger partial charge is 0.480 e. The van der Waals surface area contributed by atoms with Gasteiger partial charge in [0.2, 0.25) is 17.7 Å². The van der Waals surface area contributed by atoms with E-state index in [1.165, 1.54) is 0 Å². The first-order valence-corrected chi connectivity index (χ1v) is 9.26. The van der Waals surface area contributed by atoms with Crippen LogP contribution in [0.4, 0.5) is 0 Å². The Bertz CT molecular complexity index is 580. The van der Waals surface area contributed by atoms with Crippen LogP contribution >= 0.6 is 0 Å². The highest BCUT2D eigenvalue weighted by molar-refractivity contribution is 5.92. The standard InChI is InChI=1S/C16H32N8O5/c17-6-2-1-4-11(15(28)29)24-14(27)10(5-3-7-21-16(19)20)23-13(26)9-22-12(25)8-18/h10-11H,1-9,17-18H2,(H,22,25)(H,23,26)(H,24,27)(H,28,29)(H4,19,20,21). The highest BCUT2D eigenvalue weighted by atomic mass is 16.4. The molecule has 0 fully saturated rings. The molecule has 0 aliphatic carbocycles. The molecule has 0 aliphatic rings. The summed E-state index contributed by atoms with van der Waals surface area (Å²) in [6.45, 7) is -0.00555. The minimum Gasteiger partial charge on any atom is -0.480 e. The highest BCUT2D eigenvalue weighted by Crippen LogP contribution is 2.04. The Hall–Kier alpha value is -2.93. The smallest absolute Gasteiger partial charge is 0.326 e. The Labute approximate surface area is 169 Å². The van der Waals surface area contributed by atoms with Gasteiger partial charge in [-0.15, -0.1) is 0 Å². The summed E-state index contributed by atoms with van der Waals surface area (Å²) in [5, 5.41) is 16.5. The van der Waals surface area contributed by atoms with Crippen LogP contribution in [0.25, 0.3) is 0 Å². The third-order valence-corrected chi connectivity index (χ3v) is 3.79. The fourth-order valence-corrected chi connectivity index (χ4v) is 2.29. The Balaban J connectivity index is 4.95. The predicted molar refractivity (Wildman–Crippen MR) is 106 cm³/mol. The Morgan fingerprint density at radius 3 is 2.10 bits per heavy atom. The molecule has 0 bridgehead atoms. The number of unbranched alkanes of at least 4 members (excludes halogenated alkanes) is 1. The maximum Gasteiger partial charge on any atom is 0.326 e. The summed E-state index contributed by atoms with van der Waals surface area (Å²) in [5.41, 5.74) is 21.0. The van der Waals surface area contributed by atoms with Gasteiger partial charge in [-0.1, -0.05) is 0 Å². The molecular weight excluding hydrogens is 384 g/mol. The van der Waals surface area contributed by atoms with Gasteiger partial charge in [-0.25, -0.2) is 4.79 Å². The molecule has 0 spiro atoms. The molecule has 0 aromatic rings. The van der Waals surface area contributed by atoms with Gasteiger partial charge in [0.25, 0.3) is 0 Å². The molecular formula is C16H32N8O5. The van der Waals surface area contributed by atoms with E-state index < -0.39 is 35.8 Å². The zero-order valence-electron chi connectivity index (χ0n) is 16.4. The van der Waals surface area contributed by atoms with Gasteiger partial charge >= 0.3 is 5.97 Å². The number of aliphatic carboxylic acids is 1. The van der Waals surface area contributed by atoms with Crippen molar-refractivity contribution in [3.8, 4) is 0 Å². The van der Waals surface area contributed by atoms with Crippen LogP contribution in [0.3, 0.4) is 0 Å². The van der Waals surface area contributed by atoms with E-state index in [0.29, 0.717) is 25.8 Å². The molecule has 13 heteroatoms. The number of nitrogens with two attached hydrogens (primary N) is 4. The average Bonchev–Trinajstić information content (AvgIpc) is 2.67. The van der Waals surface area contributed by atoms with Crippen molar-refractivity contribution in [3.63, 3.8) is 0 Å². The summed E-state index contributed by atoms with van der Waals surface area (Å²) in [5.74, 6) is -3.10. The molecule has 0 aromatic heterocycles. The quantitative estimate of drug-likeness (QED) is 0.0742. The number of carbonyl (C=O) groups excluding carboxylic acids is 3. The molecule has 29 heavy (non-hydrogen) atoms. The van der Waals surface area contributed by atoms with Crippen LogP contribution in [-0.4, -0.2) is 73.0 Å². The van der Waals surface area contributed by atoms with Crippen molar-refractivity contribution in [1.82, 2.24) is 16.0 Å². The molecule has 0 rings (SSSR count). The van der Waals surface area contributed by atoms with Gasteiger partial charge in [-0.3, -0.25) is 19.4 Å². The Kier molecular flexibility index (Phi) is 13.5. The van der Waals surface area contributed by atoms with Gasteiger partial charge in [-0.2, -0.15) is 0 Å². The second-order valence-corrected chi connectivity index (χ2v) is 6.23. The van der Waals surface area contributed by atoms with Gasteiger partial charge in [0.05, 0.1) is 13.1 Å². The van der Waals surface area contributed by atoms with Crippen molar-refractivity contribution in [2.75, 3.05) is 26.2 Å². The fourth-order valence-electron chi connectivity index (χ4n) is 2.29. The maximum absolute atomic E-state index is 12.5. The molecule has 166 valence electrons. The van der Waals surface area contributed by atoms with Crippen molar-refractivity contribution in [3.05, 3.63) is 0 Å². The number of guanidine groups is 1. The molecule has 0 saturated carbocycles. The highest BCUT2D eigenvalue weighted by Gasteiger charge is 2.26. The van der Waals surface area contributed by atoms with Crippen LogP contribution in [-0.2, 0) is 19.2 Å². The first kappa shape index (κ1) is 26.1. The number of amides is 3. The third kappa shape index (κ3) is 13.0. The van der Waals surface area contributed by atoms with Crippen molar-refractivity contribution >= 4 is 29.7 Å². The van der Waals surface area contributed by atoms with Crippen LogP contribution in [0.15, 0.2) is 4.99 Å². The van der Waals surface area contributed by atoms with Gasteiger partial charge in [0, 0.05) is 6.54 Å². The molecule has 0 aromatic carbocycles. The lowest BCUT2D eigenvalue weighted by Gasteiger charge is -2.21. The summed E-state index contributed by atoms with van der Waals surface area (Å²) in [4.78, 5) is 50.9. The van der Waals surface area contributed by atoms with Crippen molar-refractivity contribution in [1.29, 1.82) is 0 Å². The second kappa shape index (κ2) is 15.0. The Morgan fingerprint density at radius 1 is 0.897 bits per heavy atom. The van der Waals surface area contributed by atoms with Gasteiger partial charge in [0.15, 0.2) is 5.96 Å². The summed E-state index contributed by atoms with van der Waals surface area (Å²) < 4.78 is 0. The molecule has 2 atom stereocenters. The van der Waals surface area contributed by atoms with E-state index in [9.17, 15) is 24.3 Å². The van der Waals surface area contributed by atoms with Crippen molar-refractivity contribution < 1.29 is 24.3 Å². The van der Waals surface area contributed by atoms with Gasteiger partial charge in [0.1, 0.15) is 12.1 Å². The fraction of sp³-hybridized carbons (Fsp3) is 0.688. The van der Waals surface area contributed by atoms with E-state index in [-0.39, 0.29) is 38.4 Å². The molecule has 0 aliphatic heterocycles. The van der Waals surface area contributed by atoms with E-state index in [4.69, 9.17) is 22.9 Å². The van der Waals surface area contributed by atoms with E-state index in [2.05, 4.69) is 20.9 Å². The number of nitrogens with zero attached hydrogens (tertiary/aromatic N) is 1. The normalized spacial score (nSPS) is 12.3. The molecule has 12 N–H and O–H groups in total. The van der Waals surface area contributed by atoms with Crippen LogP contribution in [0.1, 0.15) is 32.1 Å². The number of carboxylic acid groups (broad SMARTS) is 1. The SMILES string of the molecule is NCCCCC(NC(=O)C(CCCN=C(N)N)NC(=O)CNC(=O)CN)C(=O)O. The van der Waals surface area contributed by atoms with E-state index in [1.54, 1.807) is 0 Å². The van der Waals surface area contributed by atoms with Crippen LogP contribution < -0.4 is 38.9 Å². The number of aliphatic imine (C=N–C) groups is 1. The molecule has 0 radical (unpaired) electrons. The summed E-state index contributed by atoms with van der Waals surface area (Å²) >= 11 is 0. The second-order valence-electron chi connectivity index (χ2n) is 6.23. The number of nitrogens with one attached hydrogen (secondary N) is 3. The van der Waals surface area contributed by atoms with E-state index >= 15 is 0 Å². The zero-order chi connectivity index (χ0) is 22.2. The molecule has 2 unspecified atom stereocenters. The molecule has 13 nitrogen and oxygen atoms in total. The average molecular weight is 416 g/mol. The lowest BCUT2D eigenvalue weighted by Crippen LogP contribution is -2.53. The van der Waals surface area contributed by atoms with Crippen molar-refractivity contribution in [2.24, 2.45) is 27.9 Å². The van der Waals surface area contributed by atoms with Crippen molar-refractivity contribution in [2.45, 2.75) is 44.2 Å². The summed E-state index contributed by atoms with van der Waals surface area (Å²) in [6.07, 6.45) is 1.88. The van der Waals surface area contributed by atoms with Crippen LogP contribution in [0.5, 0.6) is 0 Å². The topological polar surface area (TPSA) is 241 Å². The first-order chi connectivity index (χ1) is 13.7. The molecule has 0 heterocycles. The monoisotopic (exact) mass is 416 g/mol. The number of hydrogen-bond donors (Lipinski definition) is 8. The lowest BCUT2D eigenvalue weighted by molar-refractivity contribution is -0.142. The number of rotatable bonds is 15.